The van der Waals surface area contributed by atoms with E-state index < -0.39 is 6.09 Å². The molecule has 2 N–H and O–H groups in total. The van der Waals surface area contributed by atoms with Crippen LogP contribution in [0.2, 0.25) is 0 Å². The number of oxazole rings is 1. The van der Waals surface area contributed by atoms with Crippen molar-refractivity contribution in [3.63, 3.8) is 0 Å². The maximum absolute atomic E-state index is 12.9. The normalized spacial score (nSPS) is 18.2. The van der Waals surface area contributed by atoms with Crippen LogP contribution in [0.4, 0.5) is 9.93 Å². The van der Waals surface area contributed by atoms with Crippen LogP contribution in [0, 0.1) is 5.92 Å². The molecule has 4 heterocycles. The minimum Gasteiger partial charge on any atom is -0.465 e. The lowest BCUT2D eigenvalue weighted by Gasteiger charge is -2.33. The standard InChI is InChI=1S/C31H41N5O4S2/c1-20-24-8-7-21(16-23(24)11-15-36(20)30(38)39)6-5-12-35-13-9-22(10-14-35)28(37)34-29-33-18-27(42-29)41-19-26-32-17-25(40-26)31(2,3)4/h7-8,16-18,20,22H,5-6,9-15,19H2,1-4H3,(H,38,39)(H,33,34,37). The van der Waals surface area contributed by atoms with Crippen molar-refractivity contribution in [3.05, 3.63) is 58.9 Å². The fourth-order valence-corrected chi connectivity index (χ4v) is 7.40. The molecule has 1 fully saturated rings. The topological polar surface area (TPSA) is 112 Å². The number of hydrogen-bond acceptors (Lipinski definition) is 8. The van der Waals surface area contributed by atoms with E-state index in [1.807, 2.05) is 6.92 Å². The smallest absolute Gasteiger partial charge is 0.407 e. The number of rotatable bonds is 9. The van der Waals surface area contributed by atoms with E-state index in [9.17, 15) is 14.7 Å². The van der Waals surface area contributed by atoms with E-state index in [-0.39, 0.29) is 23.3 Å². The first-order valence-corrected chi connectivity index (χ1v) is 16.6. The van der Waals surface area contributed by atoms with Crippen molar-refractivity contribution in [1.82, 2.24) is 19.8 Å². The van der Waals surface area contributed by atoms with Crippen LogP contribution in [0.25, 0.3) is 0 Å². The van der Waals surface area contributed by atoms with Gasteiger partial charge in [0.05, 0.1) is 28.4 Å². The van der Waals surface area contributed by atoms with Crippen LogP contribution in [0.15, 0.2) is 39.2 Å². The zero-order chi connectivity index (χ0) is 29.9. The van der Waals surface area contributed by atoms with Crippen molar-refractivity contribution in [1.29, 1.82) is 0 Å². The number of amides is 2. The van der Waals surface area contributed by atoms with Gasteiger partial charge >= 0.3 is 6.09 Å². The third kappa shape index (κ3) is 7.54. The number of aryl methyl sites for hydroxylation is 1. The molecule has 1 unspecified atom stereocenters. The summed E-state index contributed by atoms with van der Waals surface area (Å²) in [7, 11) is 0. The van der Waals surface area contributed by atoms with E-state index in [4.69, 9.17) is 4.42 Å². The molecule has 1 aromatic carbocycles. The zero-order valence-electron chi connectivity index (χ0n) is 24.9. The molecule has 1 saturated heterocycles. The average Bonchev–Trinajstić information content (AvgIpc) is 3.62. The zero-order valence-corrected chi connectivity index (χ0v) is 26.5. The van der Waals surface area contributed by atoms with Gasteiger partial charge in [-0.25, -0.2) is 14.8 Å². The highest BCUT2D eigenvalue weighted by Gasteiger charge is 2.28. The number of nitrogens with one attached hydrogen (secondary N) is 1. The van der Waals surface area contributed by atoms with Crippen LogP contribution in [-0.2, 0) is 28.8 Å². The fourth-order valence-electron chi connectivity index (χ4n) is 5.68. The molecule has 11 heteroatoms. The first-order valence-electron chi connectivity index (χ1n) is 14.7. The summed E-state index contributed by atoms with van der Waals surface area (Å²) in [5, 5.41) is 13.1. The maximum Gasteiger partial charge on any atom is 0.407 e. The van der Waals surface area contributed by atoms with Gasteiger partial charge in [-0.15, -0.1) is 11.8 Å². The Bertz CT molecular complexity index is 1390. The van der Waals surface area contributed by atoms with Gasteiger partial charge in [-0.2, -0.15) is 0 Å². The number of fused-ring (bicyclic) bond motifs is 1. The van der Waals surface area contributed by atoms with Crippen molar-refractivity contribution in [2.45, 2.75) is 81.2 Å². The molecule has 0 radical (unpaired) electrons. The molecule has 3 aromatic rings. The summed E-state index contributed by atoms with van der Waals surface area (Å²) in [5.74, 6) is 2.27. The van der Waals surface area contributed by atoms with Gasteiger partial charge in [0.1, 0.15) is 5.76 Å². The number of aromatic nitrogens is 2. The first-order chi connectivity index (χ1) is 20.1. The lowest BCUT2D eigenvalue weighted by Crippen LogP contribution is -2.38. The second-order valence-corrected chi connectivity index (χ2v) is 14.6. The van der Waals surface area contributed by atoms with E-state index in [0.717, 1.165) is 67.3 Å². The highest BCUT2D eigenvalue weighted by Crippen LogP contribution is 2.33. The molecule has 9 nitrogen and oxygen atoms in total. The second kappa shape index (κ2) is 13.2. The third-order valence-corrected chi connectivity index (χ3v) is 10.3. The summed E-state index contributed by atoms with van der Waals surface area (Å²) in [4.78, 5) is 37.1. The number of likely N-dealkylation sites (tertiary alicyclic amines) is 1. The monoisotopic (exact) mass is 611 g/mol. The van der Waals surface area contributed by atoms with Gasteiger partial charge in [0.2, 0.25) is 11.8 Å². The summed E-state index contributed by atoms with van der Waals surface area (Å²) >= 11 is 3.10. The van der Waals surface area contributed by atoms with Crippen LogP contribution in [0.3, 0.4) is 0 Å². The summed E-state index contributed by atoms with van der Waals surface area (Å²) in [6, 6.07) is 6.43. The predicted molar refractivity (Wildman–Crippen MR) is 166 cm³/mol. The second-order valence-electron chi connectivity index (χ2n) is 12.3. The minimum atomic E-state index is -0.848. The van der Waals surface area contributed by atoms with E-state index in [0.29, 0.717) is 23.3 Å². The largest absolute Gasteiger partial charge is 0.465 e. The number of carbonyl (C=O) groups is 2. The molecule has 5 rings (SSSR count). The summed E-state index contributed by atoms with van der Waals surface area (Å²) in [5.41, 5.74) is 3.65. The molecule has 2 aliphatic rings. The molecule has 42 heavy (non-hydrogen) atoms. The summed E-state index contributed by atoms with van der Waals surface area (Å²) in [6.45, 7) is 11.7. The fraction of sp³-hybridized carbons (Fsp3) is 0.548. The molecular formula is C31H41N5O4S2. The lowest BCUT2D eigenvalue weighted by atomic mass is 9.91. The number of benzene rings is 1. The molecule has 2 aliphatic heterocycles. The average molecular weight is 612 g/mol. The number of anilines is 1. The maximum atomic E-state index is 12.9. The van der Waals surface area contributed by atoms with Gasteiger partial charge in [0.15, 0.2) is 5.13 Å². The van der Waals surface area contributed by atoms with Gasteiger partial charge in [-0.3, -0.25) is 4.79 Å². The van der Waals surface area contributed by atoms with E-state index in [2.05, 4.69) is 59.2 Å². The van der Waals surface area contributed by atoms with Crippen molar-refractivity contribution in [2.24, 2.45) is 5.92 Å². The SMILES string of the molecule is CC1c2ccc(CCCN3CCC(C(=O)Nc4ncc(SCc5ncc(C(C)(C)C)o5)s4)CC3)cc2CCN1C(=O)O. The predicted octanol–water partition coefficient (Wildman–Crippen LogP) is 6.60. The van der Waals surface area contributed by atoms with Gasteiger partial charge < -0.3 is 24.6 Å². The van der Waals surface area contributed by atoms with Crippen LogP contribution in [-0.4, -0.2) is 63.1 Å². The Morgan fingerprint density at radius 3 is 2.67 bits per heavy atom. The van der Waals surface area contributed by atoms with Crippen LogP contribution >= 0.6 is 23.1 Å². The van der Waals surface area contributed by atoms with Gasteiger partial charge in [0, 0.05) is 17.9 Å². The molecule has 226 valence electrons. The van der Waals surface area contributed by atoms with Gasteiger partial charge in [0.25, 0.3) is 0 Å². The summed E-state index contributed by atoms with van der Waals surface area (Å²) < 4.78 is 6.89. The first kappa shape index (κ1) is 30.6. The molecule has 2 amide bonds. The Morgan fingerprint density at radius 2 is 1.95 bits per heavy atom. The number of thiazole rings is 1. The Balaban J connectivity index is 1.01. The minimum absolute atomic E-state index is 0.0115. The number of hydrogen-bond donors (Lipinski definition) is 2. The highest BCUT2D eigenvalue weighted by molar-refractivity contribution is 8.00. The Labute approximate surface area is 256 Å². The van der Waals surface area contributed by atoms with Crippen molar-refractivity contribution >= 4 is 40.2 Å². The van der Waals surface area contributed by atoms with Crippen LogP contribution < -0.4 is 5.32 Å². The number of piperidine rings is 1. The van der Waals surface area contributed by atoms with Crippen LogP contribution in [0.1, 0.15) is 81.3 Å². The molecule has 2 aromatic heterocycles. The Hall–Kier alpha value is -2.89. The molecule has 0 saturated carbocycles. The van der Waals surface area contributed by atoms with Crippen molar-refractivity contribution in [3.8, 4) is 0 Å². The Kier molecular flexibility index (Phi) is 9.59. The molecule has 0 bridgehead atoms. The van der Waals surface area contributed by atoms with Crippen molar-refractivity contribution < 1.29 is 19.1 Å². The van der Waals surface area contributed by atoms with Gasteiger partial charge in [-0.05, 0) is 75.4 Å². The number of thioether (sulfide) groups is 1. The van der Waals surface area contributed by atoms with E-state index in [1.165, 1.54) is 27.4 Å². The highest BCUT2D eigenvalue weighted by atomic mass is 32.2. The Morgan fingerprint density at radius 1 is 1.17 bits per heavy atom. The van der Waals surface area contributed by atoms with Crippen molar-refractivity contribution in [2.75, 3.05) is 31.5 Å². The third-order valence-electron chi connectivity index (χ3n) is 8.24. The summed E-state index contributed by atoms with van der Waals surface area (Å²) in [6.07, 6.45) is 7.31. The molecular weight excluding hydrogens is 571 g/mol. The van der Waals surface area contributed by atoms with E-state index >= 15 is 0 Å². The quantitative estimate of drug-likeness (QED) is 0.260. The van der Waals surface area contributed by atoms with Crippen LogP contribution in [0.5, 0.6) is 0 Å². The number of nitrogens with zero attached hydrogens (tertiary/aromatic N) is 4. The molecule has 0 aliphatic carbocycles. The van der Waals surface area contributed by atoms with E-state index in [1.54, 1.807) is 24.2 Å². The lowest BCUT2D eigenvalue weighted by molar-refractivity contribution is -0.121. The number of carbonyl (C=O) groups excluding carboxylic acids is 1. The van der Waals surface area contributed by atoms with Gasteiger partial charge in [-0.1, -0.05) is 50.3 Å². The number of carboxylic acid groups (broad SMARTS) is 1. The molecule has 1 atom stereocenters. The molecule has 0 spiro atoms.